The number of para-hydroxylation sites is 1. The van der Waals surface area contributed by atoms with Crippen LogP contribution in [-0.2, 0) is 6.42 Å². The minimum atomic E-state index is -0.0683. The number of amides is 1. The average molecular weight is 347 g/mol. The number of rotatable bonds is 5. The number of thiazole rings is 1. The van der Waals surface area contributed by atoms with Gasteiger partial charge in [0, 0.05) is 29.2 Å². The SMILES string of the molecule is O=C(NCCc1c[nH]c2ccccc12)c1scnc1-c1ccccc1. The highest BCUT2D eigenvalue weighted by molar-refractivity contribution is 7.12. The van der Waals surface area contributed by atoms with Crippen LogP contribution in [0.2, 0.25) is 0 Å². The number of benzene rings is 2. The van der Waals surface area contributed by atoms with Crippen molar-refractivity contribution in [3.05, 3.63) is 76.7 Å². The number of carbonyl (C=O) groups is 1. The molecule has 2 aromatic heterocycles. The fourth-order valence-electron chi connectivity index (χ4n) is 2.94. The molecule has 0 unspecified atom stereocenters. The maximum Gasteiger partial charge on any atom is 0.263 e. The van der Waals surface area contributed by atoms with Gasteiger partial charge in [0.25, 0.3) is 5.91 Å². The van der Waals surface area contributed by atoms with E-state index >= 15 is 0 Å². The van der Waals surface area contributed by atoms with E-state index in [1.165, 1.54) is 22.3 Å². The molecule has 0 aliphatic rings. The molecule has 5 heteroatoms. The summed E-state index contributed by atoms with van der Waals surface area (Å²) in [6, 6.07) is 18.0. The summed E-state index contributed by atoms with van der Waals surface area (Å²) in [6.45, 7) is 0.590. The number of carbonyl (C=O) groups excluding carboxylic acids is 1. The van der Waals surface area contributed by atoms with Crippen molar-refractivity contribution in [2.75, 3.05) is 6.54 Å². The molecule has 0 saturated heterocycles. The summed E-state index contributed by atoms with van der Waals surface area (Å²) in [5, 5.41) is 4.22. The summed E-state index contributed by atoms with van der Waals surface area (Å²) < 4.78 is 0. The molecule has 2 aromatic carbocycles. The van der Waals surface area contributed by atoms with Gasteiger partial charge in [-0.3, -0.25) is 4.79 Å². The van der Waals surface area contributed by atoms with Crippen LogP contribution in [0.25, 0.3) is 22.2 Å². The zero-order valence-electron chi connectivity index (χ0n) is 13.5. The Morgan fingerprint density at radius 3 is 2.76 bits per heavy atom. The molecule has 4 rings (SSSR count). The quantitative estimate of drug-likeness (QED) is 0.566. The third-order valence-corrected chi connectivity index (χ3v) is 5.00. The summed E-state index contributed by atoms with van der Waals surface area (Å²) >= 11 is 1.37. The van der Waals surface area contributed by atoms with Crippen LogP contribution < -0.4 is 5.32 Å². The zero-order valence-corrected chi connectivity index (χ0v) is 14.3. The molecule has 0 bridgehead atoms. The Kier molecular flexibility index (Phi) is 4.31. The van der Waals surface area contributed by atoms with Gasteiger partial charge >= 0.3 is 0 Å². The second kappa shape index (κ2) is 6.91. The number of hydrogen-bond acceptors (Lipinski definition) is 3. The molecule has 124 valence electrons. The van der Waals surface area contributed by atoms with E-state index in [-0.39, 0.29) is 5.91 Å². The number of aromatic nitrogens is 2. The summed E-state index contributed by atoms with van der Waals surface area (Å²) in [6.07, 6.45) is 2.80. The lowest BCUT2D eigenvalue weighted by atomic mass is 10.1. The molecule has 4 aromatic rings. The van der Waals surface area contributed by atoms with Crippen LogP contribution in [0.3, 0.4) is 0 Å². The molecule has 0 spiro atoms. The zero-order chi connectivity index (χ0) is 17.1. The number of nitrogens with zero attached hydrogens (tertiary/aromatic N) is 1. The van der Waals surface area contributed by atoms with Gasteiger partial charge in [-0.15, -0.1) is 11.3 Å². The van der Waals surface area contributed by atoms with Crippen molar-refractivity contribution >= 4 is 28.1 Å². The topological polar surface area (TPSA) is 57.8 Å². The summed E-state index contributed by atoms with van der Waals surface area (Å²) in [5.74, 6) is -0.0683. The maximum atomic E-state index is 12.5. The molecule has 0 saturated carbocycles. The smallest absolute Gasteiger partial charge is 0.263 e. The second-order valence-electron chi connectivity index (χ2n) is 5.76. The lowest BCUT2D eigenvalue weighted by Gasteiger charge is -2.05. The predicted molar refractivity (Wildman–Crippen MR) is 102 cm³/mol. The minimum absolute atomic E-state index is 0.0683. The van der Waals surface area contributed by atoms with Crippen LogP contribution >= 0.6 is 11.3 Å². The van der Waals surface area contributed by atoms with Gasteiger partial charge < -0.3 is 10.3 Å². The lowest BCUT2D eigenvalue weighted by molar-refractivity contribution is 0.0958. The molecular formula is C20H17N3OS. The van der Waals surface area contributed by atoms with Gasteiger partial charge in [-0.25, -0.2) is 4.98 Å². The van der Waals surface area contributed by atoms with Crippen molar-refractivity contribution in [1.29, 1.82) is 0 Å². The van der Waals surface area contributed by atoms with Crippen LogP contribution in [0.4, 0.5) is 0 Å². The molecule has 0 atom stereocenters. The second-order valence-corrected chi connectivity index (χ2v) is 6.62. The molecule has 1 amide bonds. The highest BCUT2D eigenvalue weighted by atomic mass is 32.1. The van der Waals surface area contributed by atoms with E-state index in [2.05, 4.69) is 27.4 Å². The fourth-order valence-corrected chi connectivity index (χ4v) is 3.66. The highest BCUT2D eigenvalue weighted by Gasteiger charge is 2.15. The van der Waals surface area contributed by atoms with Crippen LogP contribution in [0.5, 0.6) is 0 Å². The molecule has 0 fully saturated rings. The Morgan fingerprint density at radius 1 is 1.08 bits per heavy atom. The van der Waals surface area contributed by atoms with Crippen molar-refractivity contribution in [1.82, 2.24) is 15.3 Å². The van der Waals surface area contributed by atoms with Crippen molar-refractivity contribution in [3.8, 4) is 11.3 Å². The van der Waals surface area contributed by atoms with Gasteiger partial charge in [-0.2, -0.15) is 0 Å². The number of hydrogen-bond donors (Lipinski definition) is 2. The van der Waals surface area contributed by atoms with Gasteiger partial charge in [0.2, 0.25) is 0 Å². The monoisotopic (exact) mass is 347 g/mol. The molecule has 2 N–H and O–H groups in total. The average Bonchev–Trinajstić information content (AvgIpc) is 3.30. The normalized spacial score (nSPS) is 10.9. The summed E-state index contributed by atoms with van der Waals surface area (Å²) in [5.41, 5.74) is 5.76. The van der Waals surface area contributed by atoms with Gasteiger partial charge in [0.05, 0.1) is 11.2 Å². The first kappa shape index (κ1) is 15.6. The Hall–Kier alpha value is -2.92. The van der Waals surface area contributed by atoms with E-state index in [1.807, 2.05) is 48.7 Å². The molecular weight excluding hydrogens is 330 g/mol. The Labute approximate surface area is 149 Å². The first-order valence-corrected chi connectivity index (χ1v) is 9.03. The van der Waals surface area contributed by atoms with E-state index in [9.17, 15) is 4.79 Å². The standard InChI is InChI=1S/C20H17N3OS/c24-20(19-18(23-13-25-19)14-6-2-1-3-7-14)21-11-10-15-12-22-17-9-5-4-8-16(15)17/h1-9,12-13,22H,10-11H2,(H,21,24). The number of aromatic amines is 1. The largest absolute Gasteiger partial charge is 0.361 e. The first-order valence-electron chi connectivity index (χ1n) is 8.15. The Balaban J connectivity index is 1.44. The van der Waals surface area contributed by atoms with Crippen molar-refractivity contribution < 1.29 is 4.79 Å². The number of nitrogens with one attached hydrogen (secondary N) is 2. The van der Waals surface area contributed by atoms with E-state index in [1.54, 1.807) is 5.51 Å². The van der Waals surface area contributed by atoms with Crippen LogP contribution in [0.15, 0.2) is 66.3 Å². The Bertz CT molecular complexity index is 1000. The number of H-pyrrole nitrogens is 1. The minimum Gasteiger partial charge on any atom is -0.361 e. The molecule has 25 heavy (non-hydrogen) atoms. The van der Waals surface area contributed by atoms with Gasteiger partial charge in [-0.1, -0.05) is 48.5 Å². The van der Waals surface area contributed by atoms with Crippen molar-refractivity contribution in [2.45, 2.75) is 6.42 Å². The van der Waals surface area contributed by atoms with E-state index in [4.69, 9.17) is 0 Å². The van der Waals surface area contributed by atoms with Gasteiger partial charge in [-0.05, 0) is 18.1 Å². The van der Waals surface area contributed by atoms with Crippen LogP contribution in [-0.4, -0.2) is 22.4 Å². The van der Waals surface area contributed by atoms with Crippen molar-refractivity contribution in [3.63, 3.8) is 0 Å². The van der Waals surface area contributed by atoms with E-state index < -0.39 is 0 Å². The highest BCUT2D eigenvalue weighted by Crippen LogP contribution is 2.25. The fraction of sp³-hybridized carbons (Fsp3) is 0.100. The van der Waals surface area contributed by atoms with Crippen molar-refractivity contribution in [2.24, 2.45) is 0 Å². The van der Waals surface area contributed by atoms with E-state index in [0.717, 1.165) is 23.2 Å². The molecule has 0 aliphatic heterocycles. The van der Waals surface area contributed by atoms with E-state index in [0.29, 0.717) is 11.4 Å². The molecule has 0 radical (unpaired) electrons. The third kappa shape index (κ3) is 3.19. The molecule has 0 aliphatic carbocycles. The predicted octanol–water partition coefficient (Wildman–Crippen LogP) is 4.26. The summed E-state index contributed by atoms with van der Waals surface area (Å²) in [7, 11) is 0. The first-order chi connectivity index (χ1) is 12.3. The summed E-state index contributed by atoms with van der Waals surface area (Å²) in [4.78, 5) is 20.8. The molecule has 2 heterocycles. The number of fused-ring (bicyclic) bond motifs is 1. The maximum absolute atomic E-state index is 12.5. The Morgan fingerprint density at radius 2 is 1.88 bits per heavy atom. The lowest BCUT2D eigenvalue weighted by Crippen LogP contribution is -2.25. The van der Waals surface area contributed by atoms with Gasteiger partial charge in [0.15, 0.2) is 0 Å². The molecule has 4 nitrogen and oxygen atoms in total. The van der Waals surface area contributed by atoms with Crippen LogP contribution in [0, 0.1) is 0 Å². The third-order valence-electron chi connectivity index (χ3n) is 4.18. The van der Waals surface area contributed by atoms with Crippen LogP contribution in [0.1, 0.15) is 15.2 Å². The van der Waals surface area contributed by atoms with Gasteiger partial charge in [0.1, 0.15) is 4.88 Å².